The maximum Gasteiger partial charge on any atom is 0.0320 e. The second-order valence-corrected chi connectivity index (χ2v) is 2.97. The van der Waals surface area contributed by atoms with E-state index in [1.54, 1.807) is 0 Å². The van der Waals surface area contributed by atoms with Crippen molar-refractivity contribution >= 4 is 6.08 Å². The van der Waals surface area contributed by atoms with E-state index in [1.165, 1.54) is 11.1 Å². The van der Waals surface area contributed by atoms with Crippen LogP contribution in [0.15, 0.2) is 24.3 Å². The van der Waals surface area contributed by atoms with Crippen molar-refractivity contribution in [3.63, 3.8) is 0 Å². The van der Waals surface area contributed by atoms with Gasteiger partial charge in [-0.25, -0.2) is 0 Å². The first-order valence-corrected chi connectivity index (χ1v) is 4.44. The molecule has 0 amide bonds. The lowest BCUT2D eigenvalue weighted by atomic mass is 10.0. The molecule has 0 aliphatic rings. The smallest absolute Gasteiger partial charge is 0.0320 e. The molecule has 0 radical (unpaired) electrons. The molecule has 0 heteroatoms. The van der Waals surface area contributed by atoms with E-state index in [9.17, 15) is 0 Å². The van der Waals surface area contributed by atoms with Gasteiger partial charge in [0, 0.05) is 5.56 Å². The third-order valence-electron chi connectivity index (χ3n) is 1.81. The average Bonchev–Trinajstić information content (AvgIpc) is 2.10. The first-order valence-electron chi connectivity index (χ1n) is 4.44. The molecule has 0 nitrogen and oxygen atoms in total. The predicted octanol–water partition coefficient (Wildman–Crippen LogP) is 3.40. The molecule has 66 valence electrons. The highest BCUT2D eigenvalue weighted by Gasteiger charge is 1.95. The van der Waals surface area contributed by atoms with Crippen LogP contribution in [-0.2, 0) is 0 Å². The summed E-state index contributed by atoms with van der Waals surface area (Å²) >= 11 is 0. The van der Waals surface area contributed by atoms with Gasteiger partial charge in [0.2, 0.25) is 0 Å². The average molecular weight is 170 g/mol. The molecule has 1 aromatic rings. The van der Waals surface area contributed by atoms with Gasteiger partial charge in [-0.2, -0.15) is 0 Å². The van der Waals surface area contributed by atoms with Crippen molar-refractivity contribution in [1.29, 1.82) is 0 Å². The van der Waals surface area contributed by atoms with Gasteiger partial charge in [-0.3, -0.25) is 0 Å². The lowest BCUT2D eigenvalue weighted by Gasteiger charge is -1.99. The van der Waals surface area contributed by atoms with Crippen molar-refractivity contribution in [3.8, 4) is 11.8 Å². The molecule has 0 aromatic heterocycles. The first-order chi connectivity index (χ1) is 6.27. The topological polar surface area (TPSA) is 0 Å². The van der Waals surface area contributed by atoms with Gasteiger partial charge in [0.05, 0.1) is 0 Å². The van der Waals surface area contributed by atoms with Gasteiger partial charge in [0.25, 0.3) is 0 Å². The molecule has 0 heterocycles. The summed E-state index contributed by atoms with van der Waals surface area (Å²) in [6, 6.07) is 6.33. The van der Waals surface area contributed by atoms with E-state index in [0.29, 0.717) is 0 Å². The molecule has 0 aliphatic heterocycles. The number of hydrogen-bond donors (Lipinski definition) is 0. The summed E-state index contributed by atoms with van der Waals surface area (Å²) < 4.78 is 0. The fourth-order valence-electron chi connectivity index (χ4n) is 1.24. The monoisotopic (exact) mass is 170 g/mol. The van der Waals surface area contributed by atoms with Crippen molar-refractivity contribution in [2.75, 3.05) is 0 Å². The molecule has 0 saturated heterocycles. The highest BCUT2D eigenvalue weighted by molar-refractivity contribution is 5.59. The lowest BCUT2D eigenvalue weighted by molar-refractivity contribution is 1.44. The summed E-state index contributed by atoms with van der Waals surface area (Å²) in [5.74, 6) is 6.03. The van der Waals surface area contributed by atoms with Crippen LogP contribution in [0.3, 0.4) is 0 Å². The fourth-order valence-corrected chi connectivity index (χ4v) is 1.24. The zero-order chi connectivity index (χ0) is 9.68. The number of aryl methyl sites for hydroxylation is 1. The Morgan fingerprint density at radius 3 is 2.69 bits per heavy atom. The first kappa shape index (κ1) is 9.61. The van der Waals surface area contributed by atoms with E-state index in [1.807, 2.05) is 19.9 Å². The van der Waals surface area contributed by atoms with Crippen LogP contribution in [0.25, 0.3) is 6.08 Å². The second kappa shape index (κ2) is 4.52. The molecule has 1 rings (SSSR count). The Balaban J connectivity index is 3.23. The van der Waals surface area contributed by atoms with E-state index in [0.717, 1.165) is 5.56 Å². The number of rotatable bonds is 1. The summed E-state index contributed by atoms with van der Waals surface area (Å²) in [5, 5.41) is 0. The molecular weight excluding hydrogens is 156 g/mol. The molecule has 0 fully saturated rings. The van der Waals surface area contributed by atoms with Gasteiger partial charge >= 0.3 is 0 Å². The SMILES string of the molecule is CC#Cc1cc(C)ccc1/C=C/C. The van der Waals surface area contributed by atoms with Crippen LogP contribution in [0.1, 0.15) is 30.5 Å². The molecule has 0 unspecified atom stereocenters. The molecular formula is C13H14. The maximum atomic E-state index is 3.10. The summed E-state index contributed by atoms with van der Waals surface area (Å²) in [6.45, 7) is 5.96. The van der Waals surface area contributed by atoms with E-state index in [2.05, 4.69) is 43.0 Å². The third-order valence-corrected chi connectivity index (χ3v) is 1.81. The Hall–Kier alpha value is -1.48. The largest absolute Gasteiger partial charge is 0.101 e. The zero-order valence-corrected chi connectivity index (χ0v) is 8.39. The normalized spacial score (nSPS) is 9.77. The zero-order valence-electron chi connectivity index (χ0n) is 8.39. The van der Waals surface area contributed by atoms with Crippen LogP contribution in [0.2, 0.25) is 0 Å². The molecule has 0 N–H and O–H groups in total. The van der Waals surface area contributed by atoms with Crippen molar-refractivity contribution in [2.24, 2.45) is 0 Å². The van der Waals surface area contributed by atoms with Crippen molar-refractivity contribution in [2.45, 2.75) is 20.8 Å². The van der Waals surface area contributed by atoms with Crippen LogP contribution in [0.4, 0.5) is 0 Å². The summed E-state index contributed by atoms with van der Waals surface area (Å²) in [6.07, 6.45) is 4.12. The maximum absolute atomic E-state index is 3.10. The van der Waals surface area contributed by atoms with E-state index < -0.39 is 0 Å². The van der Waals surface area contributed by atoms with E-state index in [-0.39, 0.29) is 0 Å². The quantitative estimate of drug-likeness (QED) is 0.567. The molecule has 1 aromatic carbocycles. The molecule has 0 aliphatic carbocycles. The minimum atomic E-state index is 1.11. The molecule has 0 saturated carbocycles. The van der Waals surface area contributed by atoms with Crippen LogP contribution < -0.4 is 0 Å². The minimum Gasteiger partial charge on any atom is -0.101 e. The Kier molecular flexibility index (Phi) is 3.34. The third kappa shape index (κ3) is 2.49. The van der Waals surface area contributed by atoms with E-state index in [4.69, 9.17) is 0 Å². The van der Waals surface area contributed by atoms with E-state index >= 15 is 0 Å². The van der Waals surface area contributed by atoms with Gasteiger partial charge in [0.15, 0.2) is 0 Å². The minimum absolute atomic E-state index is 1.11. The van der Waals surface area contributed by atoms with Gasteiger partial charge in [0.1, 0.15) is 0 Å². The lowest BCUT2D eigenvalue weighted by Crippen LogP contribution is -1.83. The molecule has 0 spiro atoms. The summed E-state index contributed by atoms with van der Waals surface area (Å²) in [5.41, 5.74) is 3.56. The number of hydrogen-bond acceptors (Lipinski definition) is 0. The van der Waals surface area contributed by atoms with Crippen molar-refractivity contribution < 1.29 is 0 Å². The summed E-state index contributed by atoms with van der Waals surface area (Å²) in [7, 11) is 0. The summed E-state index contributed by atoms with van der Waals surface area (Å²) in [4.78, 5) is 0. The predicted molar refractivity (Wildman–Crippen MR) is 58.4 cm³/mol. The number of allylic oxidation sites excluding steroid dienone is 1. The Morgan fingerprint density at radius 2 is 2.08 bits per heavy atom. The van der Waals surface area contributed by atoms with Crippen molar-refractivity contribution in [1.82, 2.24) is 0 Å². The van der Waals surface area contributed by atoms with Gasteiger partial charge in [-0.1, -0.05) is 30.2 Å². The van der Waals surface area contributed by atoms with Crippen molar-refractivity contribution in [3.05, 3.63) is 41.0 Å². The number of benzene rings is 1. The molecule has 0 atom stereocenters. The van der Waals surface area contributed by atoms with Crippen LogP contribution in [-0.4, -0.2) is 0 Å². The van der Waals surface area contributed by atoms with Gasteiger partial charge in [-0.05, 0) is 38.0 Å². The van der Waals surface area contributed by atoms with Gasteiger partial charge in [-0.15, -0.1) is 5.92 Å². The highest BCUT2D eigenvalue weighted by atomic mass is 14.0. The standard InChI is InChI=1S/C13H14/c1-4-6-12-9-8-11(3)10-13(12)7-5-2/h4,6,8-10H,1-3H3/b6-4+. The molecule has 0 bridgehead atoms. The highest BCUT2D eigenvalue weighted by Crippen LogP contribution is 2.12. The van der Waals surface area contributed by atoms with Crippen LogP contribution >= 0.6 is 0 Å². The molecule has 13 heavy (non-hydrogen) atoms. The Bertz CT molecular complexity index is 373. The second-order valence-electron chi connectivity index (χ2n) is 2.97. The Labute approximate surface area is 80.3 Å². The van der Waals surface area contributed by atoms with Crippen LogP contribution in [0, 0.1) is 18.8 Å². The van der Waals surface area contributed by atoms with Gasteiger partial charge < -0.3 is 0 Å². The van der Waals surface area contributed by atoms with Crippen LogP contribution in [0.5, 0.6) is 0 Å². The fraction of sp³-hybridized carbons (Fsp3) is 0.231. The Morgan fingerprint density at radius 1 is 1.31 bits per heavy atom.